The van der Waals surface area contributed by atoms with Crippen LogP contribution >= 0.6 is 21.4 Å². The van der Waals surface area contributed by atoms with Crippen molar-refractivity contribution in [3.63, 3.8) is 0 Å². The first-order valence-electron chi connectivity index (χ1n) is 35.5. The van der Waals surface area contributed by atoms with Gasteiger partial charge in [0.1, 0.15) is 19.9 Å². The van der Waals surface area contributed by atoms with Crippen LogP contribution in [0.2, 0.25) is 0 Å². The minimum absolute atomic E-state index is 0. The van der Waals surface area contributed by atoms with E-state index >= 15 is 0 Å². The van der Waals surface area contributed by atoms with E-state index in [9.17, 15) is 71.3 Å². The average molecular weight is 1970 g/mol. The first kappa shape index (κ1) is 119. The van der Waals surface area contributed by atoms with Crippen LogP contribution in [0.25, 0.3) is 0 Å². The quantitative estimate of drug-likeness (QED) is 0.0152. The molecule has 7 aromatic carbocycles. The van der Waals surface area contributed by atoms with Crippen molar-refractivity contribution in [1.29, 1.82) is 0 Å². The first-order chi connectivity index (χ1) is 52.3. The second-order valence-corrected chi connectivity index (χ2v) is 47.6. The van der Waals surface area contributed by atoms with Gasteiger partial charge < -0.3 is 50.9 Å². The van der Waals surface area contributed by atoms with E-state index in [2.05, 4.69) is 29.1 Å². The Bertz CT molecular complexity index is 5040. The Balaban J connectivity index is -0.000000416. The van der Waals surface area contributed by atoms with Gasteiger partial charge in [0.05, 0.1) is 62.0 Å². The van der Waals surface area contributed by atoms with E-state index in [4.69, 9.17) is 61.5 Å². The van der Waals surface area contributed by atoms with E-state index in [1.165, 1.54) is 15.5 Å². The van der Waals surface area contributed by atoms with Crippen molar-refractivity contribution in [2.24, 2.45) is 11.7 Å². The van der Waals surface area contributed by atoms with Gasteiger partial charge in [-0.3, -0.25) is 45.3 Å². The Labute approximate surface area is 769 Å². The molecule has 1 aliphatic carbocycles. The van der Waals surface area contributed by atoms with Crippen molar-refractivity contribution >= 4 is 154 Å². The summed E-state index contributed by atoms with van der Waals surface area (Å²) in [5.41, 5.74) is 50.7. The Kier molecular flexibility index (Phi) is 50.3. The number of nitrogens with one attached hydrogen (secondary N) is 1. The number of hydrogen-bond acceptors (Lipinski definition) is 25. The second-order valence-electron chi connectivity index (χ2n) is 31.5. The van der Waals surface area contributed by atoms with Crippen molar-refractivity contribution in [3.8, 4) is 0 Å². The number of benzene rings is 7. The summed E-state index contributed by atoms with van der Waals surface area (Å²) >= 11 is 0. The standard InChI is InChI=1S/C13H20N2O2S.C12H18N2O2S.C12H19NO2S.C12H17O2S.C8H11N3O.C7H8N.C6H5N3O4.C4H9ClOS.C3H5ClO2S.CH4.H4N2.H2O.2Y.H2/c1-13(2,3)18(16,17)15-8-4-5-10-6-7-11(14)9-12(10)15;1-12(2,3)17(15,16)14-7-6-9-4-5-10(13)8-11(9)14;1-9-5-6-11(13)7-10(9)8-16(14,15)12(2,3)4;1-10-7-5-6-8-11(10)9-15(13,14)12(2,3)4;1-5(12)11-8-3-6(9)2-7(10)4-8;1-6-4-2-3-5-7(6)8;7-4-1-5(8(10)11)3-6(2-4)9(12)13;1-4(2,3)7(5)6;4-7(5,6)3-1-2-3;;1-2;;;;/h6-7,9H,4-5,8,14H2,1-3H3;4-5,8H,6-7,13H2,1-3H3;5-7H,8,13H2,1-4H3;5,7-8H,9H2,1-4H3;2-4H,9-10H2,1H3,(H,11,12);2,4-5H,8H2,1H3;1-3H,7H2;1-3H3;3H,1-2H2;1H4;1-2H2;1H2;;;1H/q;;;-1;;-1;;;;;;;;;/i;;;;;;;;;;;;;;1+1. The number of amides is 1. The monoisotopic (exact) mass is 1970 g/mol. The van der Waals surface area contributed by atoms with Gasteiger partial charge >= 0.3 is 0 Å². The van der Waals surface area contributed by atoms with E-state index in [1.807, 2.05) is 90.1 Å². The van der Waals surface area contributed by atoms with Gasteiger partial charge in [0.2, 0.25) is 35.0 Å². The fraction of sp³-hybridized carbons (Fsp3) is 0.449. The van der Waals surface area contributed by atoms with Crippen LogP contribution < -0.4 is 65.7 Å². The topological polar surface area (TPSA) is 575 Å². The van der Waals surface area contributed by atoms with Crippen LogP contribution in [0.5, 0.6) is 0 Å². The van der Waals surface area contributed by atoms with Crippen LogP contribution in [0.1, 0.15) is 178 Å². The molecule has 2 radical (unpaired) electrons. The zero-order valence-corrected chi connectivity index (χ0v) is 82.5. The van der Waals surface area contributed by atoms with Gasteiger partial charge in [-0.1, -0.05) is 45.2 Å². The summed E-state index contributed by atoms with van der Waals surface area (Å²) in [4.78, 5) is 29.7. The molecule has 1 saturated carbocycles. The van der Waals surface area contributed by atoms with Crippen molar-refractivity contribution in [1.82, 2.24) is 0 Å². The number of nitro benzene ring substituents is 2. The number of hydrazine groups is 1. The molecule has 119 heavy (non-hydrogen) atoms. The zero-order valence-electron chi connectivity index (χ0n) is 70.4. The molecule has 10 rings (SSSR count). The molecule has 1 atom stereocenters. The number of halogens is 2. The van der Waals surface area contributed by atoms with Gasteiger partial charge in [0.15, 0.2) is 9.84 Å². The molecule has 0 saturated heterocycles. The molecule has 1 amide bonds. The van der Waals surface area contributed by atoms with Crippen LogP contribution in [0.3, 0.4) is 0 Å². The molecule has 2 heterocycles. The molecular weight excluding hydrogens is 1850 g/mol. The number of fused-ring (bicyclic) bond motifs is 2. The van der Waals surface area contributed by atoms with Crippen LogP contribution in [-0.4, -0.2) is 110 Å². The average Bonchev–Trinajstić information content (AvgIpc) is 1.59. The van der Waals surface area contributed by atoms with Gasteiger partial charge in [0.25, 0.3) is 11.4 Å². The Morgan fingerprint density at radius 1 is 0.529 bits per heavy atom. The number of hydrogen-bond donors (Lipinski definition) is 10. The Hall–Kier alpha value is -6.42. The molecule has 0 bridgehead atoms. The SMILES string of the molecule is C.CC(=O)Nc1cc(N)cc(N)c1.CC(C)(C)S(=O)(=O)N1CCCc2ccc(N)cc21.CC(C)(C)S(=O)(=O)N1CCc2ccc(N)cc21.CC(C)(C)S(=O)Cl.Cc1cc[c-]cc1CS(=O)(=O)C(C)(C)C.Cc1cc[c-]cc1N.Cc1ccc(N)cc1CS(=O)(=O)C(C)(C)C.NN.Nc1cc([N+](=O)[O-])cc([N+](=O)[O-])c1.O.O=S(=O)(Cl)C1CC1.[2HH].[Y].[Y]. The first-order valence-corrected chi connectivity index (χ1v) is 46.1. The van der Waals surface area contributed by atoms with Crippen LogP contribution in [-0.2, 0) is 153 Å². The number of nitrogens with two attached hydrogens (primary N) is 9. The molecule has 2 aliphatic heterocycles. The fourth-order valence-corrected chi connectivity index (χ4v) is 15.5. The second kappa shape index (κ2) is 50.4. The summed E-state index contributed by atoms with van der Waals surface area (Å²) in [5.74, 6) is 8.01. The number of nitrogen functional groups attached to an aromatic ring is 7. The molecule has 21 N–H and O–H groups in total. The maximum atomic E-state index is 12.6. The number of sulfone groups is 2. The predicted molar refractivity (Wildman–Crippen MR) is 487 cm³/mol. The number of nitro groups is 2. The summed E-state index contributed by atoms with van der Waals surface area (Å²) in [7, 11) is -7.16. The van der Waals surface area contributed by atoms with Crippen molar-refractivity contribution in [2.75, 3.05) is 67.2 Å². The molecule has 0 aromatic heterocycles. The Morgan fingerprint density at radius 2 is 0.891 bits per heavy atom. The Morgan fingerprint density at radius 3 is 1.23 bits per heavy atom. The molecule has 7 aromatic rings. The van der Waals surface area contributed by atoms with Crippen molar-refractivity contribution in [3.05, 3.63) is 199 Å². The van der Waals surface area contributed by atoms with Gasteiger partial charge in [-0.25, -0.2) is 46.3 Å². The summed E-state index contributed by atoms with van der Waals surface area (Å²) in [5, 5.41) is 22.9. The van der Waals surface area contributed by atoms with Gasteiger partial charge in [-0.2, -0.15) is 54.1 Å². The number of rotatable bonds is 10. The molecule has 3 aliphatic rings. The predicted octanol–water partition coefficient (Wildman–Crippen LogP) is 13.3. The van der Waals surface area contributed by atoms with Gasteiger partial charge in [-0.15, -0.1) is 11.1 Å². The fourth-order valence-electron chi connectivity index (χ4n) is 9.12. The number of sulfonamides is 2. The molecule has 1 fully saturated rings. The molecule has 41 heteroatoms. The number of carbonyl (C=O) groups excluding carboxylic acids is 1. The number of carbonyl (C=O) groups is 1. The van der Waals surface area contributed by atoms with Gasteiger partial charge in [-0.05, 0) is 230 Å². The van der Waals surface area contributed by atoms with Crippen LogP contribution in [0, 0.1) is 53.1 Å². The number of anilines is 10. The number of aryl methyl sites for hydroxylation is 4. The largest absolute Gasteiger partial charge is 0.449 e. The molecule has 0 spiro atoms. The van der Waals surface area contributed by atoms with Crippen molar-refractivity contribution < 1.29 is 133 Å². The molecule has 666 valence electrons. The van der Waals surface area contributed by atoms with E-state index in [0.717, 1.165) is 106 Å². The zero-order chi connectivity index (χ0) is 89.3. The smallest absolute Gasteiger partial charge is 0.278 e. The van der Waals surface area contributed by atoms with Gasteiger partial charge in [0, 0.05) is 155 Å². The normalized spacial score (nSPS) is 13.1. The summed E-state index contributed by atoms with van der Waals surface area (Å²) in [6.07, 6.45) is 4.03. The number of non-ortho nitro benzene ring substituents is 2. The molecular formula is C78H124Cl2N14O17S6Y2-2. The van der Waals surface area contributed by atoms with Crippen molar-refractivity contribution in [2.45, 2.75) is 212 Å². The maximum absolute atomic E-state index is 12.6. The van der Waals surface area contributed by atoms with E-state index in [1.54, 1.807) is 144 Å². The molecule has 31 nitrogen and oxygen atoms in total. The minimum Gasteiger partial charge on any atom is -0.449 e. The third kappa shape index (κ3) is 40.2. The summed E-state index contributed by atoms with van der Waals surface area (Å²) < 4.78 is 128. The summed E-state index contributed by atoms with van der Waals surface area (Å²) in [6.45, 7) is 34.4. The molecule has 1 unspecified atom stereocenters. The summed E-state index contributed by atoms with van der Waals surface area (Å²) in [6, 6.07) is 41.0. The van der Waals surface area contributed by atoms with E-state index < -0.39 is 87.6 Å². The number of nitrogens with zero attached hydrogens (tertiary/aromatic N) is 4. The van der Waals surface area contributed by atoms with Crippen LogP contribution in [0.15, 0.2) is 127 Å². The van der Waals surface area contributed by atoms with Crippen LogP contribution in [0.4, 0.5) is 68.2 Å². The van der Waals surface area contributed by atoms with E-state index in [0.29, 0.717) is 47.2 Å². The third-order valence-electron chi connectivity index (χ3n) is 16.6. The van der Waals surface area contributed by atoms with E-state index in [-0.39, 0.29) is 124 Å². The maximum Gasteiger partial charge on any atom is 0.278 e. The minimum atomic E-state index is -3.35. The third-order valence-corrected chi connectivity index (χ3v) is 31.1.